The summed E-state index contributed by atoms with van der Waals surface area (Å²) in [6.07, 6.45) is 0. The molecule has 0 aliphatic heterocycles. The molecule has 0 aromatic heterocycles. The van der Waals surface area contributed by atoms with Crippen LogP contribution in [0.2, 0.25) is 0 Å². The molecular weight excluding hydrogens is 211 g/mol. The van der Waals surface area contributed by atoms with Crippen LogP contribution in [0.15, 0.2) is 40.9 Å². The molecule has 0 bridgehead atoms. The minimum absolute atomic E-state index is 0.828. The molecule has 0 amide bonds. The molecule has 0 aliphatic carbocycles. The summed E-state index contributed by atoms with van der Waals surface area (Å²) in [4.78, 5) is 0. The van der Waals surface area contributed by atoms with Crippen LogP contribution in [0.3, 0.4) is 0 Å². The van der Waals surface area contributed by atoms with E-state index in [1.807, 2.05) is 30.3 Å². The van der Waals surface area contributed by atoms with Gasteiger partial charge in [0.2, 0.25) is 0 Å². The van der Waals surface area contributed by atoms with Gasteiger partial charge in [0.05, 0.1) is 0 Å². The summed E-state index contributed by atoms with van der Waals surface area (Å²) in [6.45, 7) is 0. The highest BCUT2D eigenvalue weighted by Crippen LogP contribution is 2.21. The molecule has 56 valence electrons. The lowest BCUT2D eigenvalue weighted by Gasteiger charge is -2.03. The SMILES string of the molecule is [B]c1ccc(Br)c2ccccc12. The zero-order valence-corrected chi connectivity index (χ0v) is 8.01. The maximum atomic E-state index is 5.80. The Morgan fingerprint density at radius 2 is 1.58 bits per heavy atom. The second-order valence-electron chi connectivity index (χ2n) is 2.68. The van der Waals surface area contributed by atoms with E-state index in [1.54, 1.807) is 0 Å². The van der Waals surface area contributed by atoms with Crippen LogP contribution < -0.4 is 5.46 Å². The standard InChI is InChI=1S/C10H6BBr/c11-9-5-6-10(12)8-4-2-1-3-7(8)9/h1-6H. The van der Waals surface area contributed by atoms with Crippen molar-refractivity contribution in [2.45, 2.75) is 0 Å². The summed E-state index contributed by atoms with van der Waals surface area (Å²) in [5.74, 6) is 0. The van der Waals surface area contributed by atoms with E-state index in [9.17, 15) is 0 Å². The lowest BCUT2D eigenvalue weighted by molar-refractivity contribution is 1.74. The summed E-state index contributed by atoms with van der Waals surface area (Å²) in [5.41, 5.74) is 0.828. The van der Waals surface area contributed by atoms with Gasteiger partial charge in [0.15, 0.2) is 0 Å². The molecule has 2 heteroatoms. The molecule has 12 heavy (non-hydrogen) atoms. The van der Waals surface area contributed by atoms with E-state index in [2.05, 4.69) is 22.0 Å². The largest absolute Gasteiger partial charge is 0.114 e. The van der Waals surface area contributed by atoms with Gasteiger partial charge in [-0.05, 0) is 16.8 Å². The highest BCUT2D eigenvalue weighted by atomic mass is 79.9. The molecule has 0 atom stereocenters. The molecule has 0 unspecified atom stereocenters. The van der Waals surface area contributed by atoms with Gasteiger partial charge in [-0.3, -0.25) is 0 Å². The quantitative estimate of drug-likeness (QED) is 0.594. The number of benzene rings is 2. The first-order chi connectivity index (χ1) is 5.79. The maximum Gasteiger partial charge on any atom is 0.114 e. The van der Waals surface area contributed by atoms with E-state index in [-0.39, 0.29) is 0 Å². The molecule has 0 heterocycles. The molecule has 0 saturated heterocycles. The van der Waals surface area contributed by atoms with Gasteiger partial charge in [0.25, 0.3) is 0 Å². The first kappa shape index (κ1) is 7.87. The number of halogens is 1. The summed E-state index contributed by atoms with van der Waals surface area (Å²) in [5, 5.41) is 2.27. The maximum absolute atomic E-state index is 5.80. The van der Waals surface area contributed by atoms with E-state index in [1.165, 1.54) is 0 Å². The van der Waals surface area contributed by atoms with Crippen molar-refractivity contribution >= 4 is 40.0 Å². The fourth-order valence-electron chi connectivity index (χ4n) is 1.29. The first-order valence-corrected chi connectivity index (χ1v) is 4.51. The zero-order valence-electron chi connectivity index (χ0n) is 6.42. The van der Waals surface area contributed by atoms with Crippen molar-refractivity contribution in [1.82, 2.24) is 0 Å². The number of rotatable bonds is 0. The lowest BCUT2D eigenvalue weighted by atomic mass is 9.90. The molecule has 0 spiro atoms. The molecular formula is C10H6BBr. The van der Waals surface area contributed by atoms with Crippen LogP contribution in [0.1, 0.15) is 0 Å². The minimum Gasteiger partial charge on any atom is -0.0889 e. The Kier molecular flexibility index (Phi) is 1.93. The Labute approximate surface area is 81.1 Å². The van der Waals surface area contributed by atoms with Crippen molar-refractivity contribution in [3.05, 3.63) is 40.9 Å². The summed E-state index contributed by atoms with van der Waals surface area (Å²) >= 11 is 3.48. The molecule has 0 aliphatic rings. The Bertz CT molecular complexity index is 383. The predicted octanol–water partition coefficient (Wildman–Crippen LogP) is 2.40. The number of fused-ring (bicyclic) bond motifs is 1. The molecule has 2 aromatic carbocycles. The normalized spacial score (nSPS) is 10.4. The second-order valence-corrected chi connectivity index (χ2v) is 3.54. The Morgan fingerprint density at radius 3 is 2.25 bits per heavy atom. The average molecular weight is 217 g/mol. The van der Waals surface area contributed by atoms with Crippen LogP contribution in [0, 0.1) is 0 Å². The van der Waals surface area contributed by atoms with Crippen LogP contribution in [0.25, 0.3) is 10.8 Å². The number of hydrogen-bond acceptors (Lipinski definition) is 0. The molecule has 2 rings (SSSR count). The molecule has 0 nitrogen and oxygen atoms in total. The Balaban J connectivity index is 2.95. The zero-order chi connectivity index (χ0) is 8.55. The summed E-state index contributed by atoms with van der Waals surface area (Å²) in [6, 6.07) is 12.0. The lowest BCUT2D eigenvalue weighted by Crippen LogP contribution is -2.02. The Hall–Kier alpha value is -0.755. The third-order valence-electron chi connectivity index (χ3n) is 1.90. The van der Waals surface area contributed by atoms with Crippen molar-refractivity contribution < 1.29 is 0 Å². The van der Waals surface area contributed by atoms with Gasteiger partial charge in [0.1, 0.15) is 7.85 Å². The predicted molar refractivity (Wildman–Crippen MR) is 57.0 cm³/mol. The van der Waals surface area contributed by atoms with Crippen molar-refractivity contribution in [1.29, 1.82) is 0 Å². The molecule has 2 aromatic rings. The van der Waals surface area contributed by atoms with Gasteiger partial charge < -0.3 is 0 Å². The minimum atomic E-state index is 0.828. The van der Waals surface area contributed by atoms with Gasteiger partial charge in [0, 0.05) is 4.47 Å². The fraction of sp³-hybridized carbons (Fsp3) is 0. The molecule has 0 saturated carbocycles. The van der Waals surface area contributed by atoms with Gasteiger partial charge >= 0.3 is 0 Å². The van der Waals surface area contributed by atoms with Gasteiger partial charge in [-0.1, -0.05) is 51.7 Å². The molecule has 0 fully saturated rings. The van der Waals surface area contributed by atoms with E-state index >= 15 is 0 Å². The fourth-order valence-corrected chi connectivity index (χ4v) is 1.76. The van der Waals surface area contributed by atoms with Crippen LogP contribution in [0.4, 0.5) is 0 Å². The van der Waals surface area contributed by atoms with Crippen LogP contribution in [0.5, 0.6) is 0 Å². The van der Waals surface area contributed by atoms with Crippen LogP contribution in [-0.2, 0) is 0 Å². The summed E-state index contributed by atoms with van der Waals surface area (Å²) in [7, 11) is 5.80. The smallest absolute Gasteiger partial charge is 0.0889 e. The third kappa shape index (κ3) is 1.16. The van der Waals surface area contributed by atoms with Gasteiger partial charge in [-0.15, -0.1) is 0 Å². The van der Waals surface area contributed by atoms with Crippen LogP contribution >= 0.6 is 15.9 Å². The summed E-state index contributed by atoms with van der Waals surface area (Å²) < 4.78 is 1.09. The average Bonchev–Trinajstić information content (AvgIpc) is 2.12. The van der Waals surface area contributed by atoms with Crippen molar-refractivity contribution in [2.75, 3.05) is 0 Å². The van der Waals surface area contributed by atoms with E-state index in [0.29, 0.717) is 0 Å². The third-order valence-corrected chi connectivity index (χ3v) is 2.60. The van der Waals surface area contributed by atoms with Crippen molar-refractivity contribution in [3.8, 4) is 0 Å². The van der Waals surface area contributed by atoms with E-state index in [0.717, 1.165) is 20.7 Å². The van der Waals surface area contributed by atoms with E-state index < -0.39 is 0 Å². The van der Waals surface area contributed by atoms with Gasteiger partial charge in [-0.25, -0.2) is 0 Å². The first-order valence-electron chi connectivity index (χ1n) is 3.72. The monoisotopic (exact) mass is 216 g/mol. The highest BCUT2D eigenvalue weighted by Gasteiger charge is 1.98. The Morgan fingerprint density at radius 1 is 0.917 bits per heavy atom. The highest BCUT2D eigenvalue weighted by molar-refractivity contribution is 9.10. The molecule has 2 radical (unpaired) electrons. The topological polar surface area (TPSA) is 0 Å². The van der Waals surface area contributed by atoms with Crippen molar-refractivity contribution in [3.63, 3.8) is 0 Å². The number of hydrogen-bond donors (Lipinski definition) is 0. The van der Waals surface area contributed by atoms with Crippen molar-refractivity contribution in [2.24, 2.45) is 0 Å². The van der Waals surface area contributed by atoms with Crippen LogP contribution in [-0.4, -0.2) is 7.85 Å². The molecule has 0 N–H and O–H groups in total. The van der Waals surface area contributed by atoms with Gasteiger partial charge in [-0.2, -0.15) is 0 Å². The van der Waals surface area contributed by atoms with E-state index in [4.69, 9.17) is 7.85 Å². The second kappa shape index (κ2) is 2.94.